The average Bonchev–Trinajstić information content (AvgIpc) is 3.05. The number of fused-ring (bicyclic) bond motifs is 1. The van der Waals surface area contributed by atoms with Crippen LogP contribution in [0.25, 0.3) is 0 Å². The predicted octanol–water partition coefficient (Wildman–Crippen LogP) is 0.00930. The average molecular weight is 370 g/mol. The number of likely N-dealkylation sites (tertiary alicyclic amines) is 1. The van der Waals surface area contributed by atoms with E-state index in [1.165, 1.54) is 0 Å². The van der Waals surface area contributed by atoms with Gasteiger partial charge in [-0.25, -0.2) is 0 Å². The van der Waals surface area contributed by atoms with Gasteiger partial charge in [-0.1, -0.05) is 6.07 Å². The topological polar surface area (TPSA) is 113 Å². The Morgan fingerprint density at radius 3 is 2.56 bits per heavy atom. The molecule has 0 aliphatic carbocycles. The molecule has 8 heteroatoms. The Labute approximate surface area is 156 Å². The van der Waals surface area contributed by atoms with Crippen LogP contribution in [0.2, 0.25) is 0 Å². The van der Waals surface area contributed by atoms with Gasteiger partial charge in [0.15, 0.2) is 0 Å². The van der Waals surface area contributed by atoms with Crippen molar-refractivity contribution in [1.29, 1.82) is 0 Å². The zero-order valence-corrected chi connectivity index (χ0v) is 15.1. The number of piperidine rings is 1. The molecule has 1 aromatic rings. The summed E-state index contributed by atoms with van der Waals surface area (Å²) in [6.07, 6.45) is 1.21. The normalized spacial score (nSPS) is 28.7. The van der Waals surface area contributed by atoms with E-state index >= 15 is 0 Å². The van der Waals surface area contributed by atoms with E-state index in [-0.39, 0.29) is 24.8 Å². The van der Waals surface area contributed by atoms with Gasteiger partial charge in [0.1, 0.15) is 6.04 Å². The molecule has 2 saturated heterocycles. The number of nitrogens with one attached hydrogen (secondary N) is 1. The maximum absolute atomic E-state index is 12.8. The molecule has 3 N–H and O–H groups in total. The minimum absolute atomic E-state index is 0.113. The van der Waals surface area contributed by atoms with E-state index in [1.807, 2.05) is 6.07 Å². The second-order valence-corrected chi connectivity index (χ2v) is 7.60. The highest BCUT2D eigenvalue weighted by Gasteiger charge is 2.44. The molecule has 3 heterocycles. The molecular weight excluding hydrogens is 348 g/mol. The summed E-state index contributed by atoms with van der Waals surface area (Å²) in [5.74, 6) is -1.93. The summed E-state index contributed by atoms with van der Waals surface area (Å²) >= 11 is 0. The Hall–Kier alpha value is -2.58. The Bertz CT molecular complexity index is 852. The van der Waals surface area contributed by atoms with E-state index in [0.717, 1.165) is 23.4 Å². The number of carbonyl (C=O) groups is 4. The molecule has 0 saturated carbocycles. The minimum Gasteiger partial charge on any atom is -0.326 e. The molecule has 3 aliphatic rings. The fourth-order valence-corrected chi connectivity index (χ4v) is 4.21. The molecule has 4 amide bonds. The van der Waals surface area contributed by atoms with E-state index in [2.05, 4.69) is 17.1 Å². The van der Waals surface area contributed by atoms with Crippen molar-refractivity contribution in [2.24, 2.45) is 5.73 Å². The molecule has 0 bridgehead atoms. The SMILES string of the molecule is CC1CC(N)CN1Cc1ccc2c(c1)C(=O)N(C1CCC(=O)NC1=O)C2=O. The molecule has 2 fully saturated rings. The molecule has 4 rings (SSSR count). The van der Waals surface area contributed by atoms with Crippen LogP contribution in [0.1, 0.15) is 52.5 Å². The molecule has 0 aromatic heterocycles. The highest BCUT2D eigenvalue weighted by molar-refractivity contribution is 6.23. The first-order chi connectivity index (χ1) is 12.8. The number of hydrogen-bond acceptors (Lipinski definition) is 6. The van der Waals surface area contributed by atoms with E-state index < -0.39 is 23.8 Å². The smallest absolute Gasteiger partial charge is 0.262 e. The summed E-state index contributed by atoms with van der Waals surface area (Å²) < 4.78 is 0. The van der Waals surface area contributed by atoms with Crippen LogP contribution in [0.4, 0.5) is 0 Å². The number of imide groups is 2. The van der Waals surface area contributed by atoms with Crippen molar-refractivity contribution in [2.45, 2.75) is 50.9 Å². The van der Waals surface area contributed by atoms with E-state index in [1.54, 1.807) is 12.1 Å². The third-order valence-electron chi connectivity index (χ3n) is 5.63. The standard InChI is InChI=1S/C19H22N4O4/c1-10-6-12(20)9-22(10)8-11-2-3-13-14(7-11)19(27)23(18(13)26)15-4-5-16(24)21-17(15)25/h2-3,7,10,12,15H,4-6,8-9,20H2,1H3,(H,21,24,25). The third kappa shape index (κ3) is 3.04. The molecule has 1 aromatic carbocycles. The van der Waals surface area contributed by atoms with Gasteiger partial charge in [0.2, 0.25) is 11.8 Å². The fraction of sp³-hybridized carbons (Fsp3) is 0.474. The zero-order valence-electron chi connectivity index (χ0n) is 15.1. The summed E-state index contributed by atoms with van der Waals surface area (Å²) in [6.45, 7) is 3.58. The first-order valence-corrected chi connectivity index (χ1v) is 9.19. The van der Waals surface area contributed by atoms with Gasteiger partial charge in [-0.15, -0.1) is 0 Å². The molecule has 27 heavy (non-hydrogen) atoms. The molecule has 3 atom stereocenters. The van der Waals surface area contributed by atoms with Crippen LogP contribution >= 0.6 is 0 Å². The van der Waals surface area contributed by atoms with Crippen molar-refractivity contribution in [3.05, 3.63) is 34.9 Å². The highest BCUT2D eigenvalue weighted by Crippen LogP contribution is 2.29. The largest absolute Gasteiger partial charge is 0.326 e. The van der Waals surface area contributed by atoms with Crippen molar-refractivity contribution in [1.82, 2.24) is 15.1 Å². The van der Waals surface area contributed by atoms with Gasteiger partial charge in [-0.05, 0) is 37.5 Å². The number of nitrogens with two attached hydrogens (primary N) is 1. The molecule has 3 aliphatic heterocycles. The van der Waals surface area contributed by atoms with Crippen LogP contribution in [-0.4, -0.2) is 58.1 Å². The van der Waals surface area contributed by atoms with Gasteiger partial charge in [0.05, 0.1) is 11.1 Å². The predicted molar refractivity (Wildman–Crippen MR) is 95.6 cm³/mol. The monoisotopic (exact) mass is 370 g/mol. The van der Waals surface area contributed by atoms with Crippen LogP contribution in [-0.2, 0) is 16.1 Å². The second-order valence-electron chi connectivity index (χ2n) is 7.60. The number of benzene rings is 1. The van der Waals surface area contributed by atoms with Crippen molar-refractivity contribution in [3.8, 4) is 0 Å². The quantitative estimate of drug-likeness (QED) is 0.725. The Kier molecular flexibility index (Phi) is 4.32. The highest BCUT2D eigenvalue weighted by atomic mass is 16.2. The zero-order chi connectivity index (χ0) is 19.3. The summed E-state index contributed by atoms with van der Waals surface area (Å²) in [7, 11) is 0. The van der Waals surface area contributed by atoms with Gasteiger partial charge in [-0.2, -0.15) is 0 Å². The molecule has 0 spiro atoms. The van der Waals surface area contributed by atoms with Gasteiger partial charge < -0.3 is 5.73 Å². The first kappa shape index (κ1) is 17.8. The van der Waals surface area contributed by atoms with Crippen molar-refractivity contribution >= 4 is 23.6 Å². The molecule has 3 unspecified atom stereocenters. The number of amides is 4. The van der Waals surface area contributed by atoms with Crippen LogP contribution < -0.4 is 11.1 Å². The number of carbonyl (C=O) groups excluding carboxylic acids is 4. The lowest BCUT2D eigenvalue weighted by atomic mass is 10.0. The Morgan fingerprint density at radius 1 is 1.15 bits per heavy atom. The minimum atomic E-state index is -0.935. The van der Waals surface area contributed by atoms with E-state index in [4.69, 9.17) is 5.73 Å². The van der Waals surface area contributed by atoms with Crippen LogP contribution in [0.3, 0.4) is 0 Å². The Balaban J connectivity index is 1.56. The number of hydrogen-bond donors (Lipinski definition) is 2. The third-order valence-corrected chi connectivity index (χ3v) is 5.63. The maximum Gasteiger partial charge on any atom is 0.262 e. The van der Waals surface area contributed by atoms with Crippen molar-refractivity contribution < 1.29 is 19.2 Å². The lowest BCUT2D eigenvalue weighted by Gasteiger charge is -2.27. The summed E-state index contributed by atoms with van der Waals surface area (Å²) in [5.41, 5.74) is 7.57. The van der Waals surface area contributed by atoms with E-state index in [9.17, 15) is 19.2 Å². The van der Waals surface area contributed by atoms with Crippen LogP contribution in [0, 0.1) is 0 Å². The fourth-order valence-electron chi connectivity index (χ4n) is 4.21. The van der Waals surface area contributed by atoms with Gasteiger partial charge in [0.25, 0.3) is 11.8 Å². The van der Waals surface area contributed by atoms with Gasteiger partial charge in [0, 0.05) is 31.6 Å². The first-order valence-electron chi connectivity index (χ1n) is 9.19. The second kappa shape index (κ2) is 6.54. The lowest BCUT2D eigenvalue weighted by Crippen LogP contribution is -2.54. The Morgan fingerprint density at radius 2 is 1.89 bits per heavy atom. The summed E-state index contributed by atoms with van der Waals surface area (Å²) in [6, 6.07) is 4.81. The van der Waals surface area contributed by atoms with Crippen molar-refractivity contribution in [2.75, 3.05) is 6.54 Å². The summed E-state index contributed by atoms with van der Waals surface area (Å²) in [5, 5.41) is 2.20. The molecule has 8 nitrogen and oxygen atoms in total. The van der Waals surface area contributed by atoms with E-state index in [0.29, 0.717) is 23.7 Å². The lowest BCUT2D eigenvalue weighted by molar-refractivity contribution is -0.136. The summed E-state index contributed by atoms with van der Waals surface area (Å²) in [4.78, 5) is 52.2. The van der Waals surface area contributed by atoms with Crippen LogP contribution in [0.15, 0.2) is 18.2 Å². The maximum atomic E-state index is 12.8. The van der Waals surface area contributed by atoms with Gasteiger partial charge in [-0.3, -0.25) is 34.3 Å². The molecule has 0 radical (unpaired) electrons. The number of nitrogens with zero attached hydrogens (tertiary/aromatic N) is 2. The number of rotatable bonds is 3. The van der Waals surface area contributed by atoms with Gasteiger partial charge >= 0.3 is 0 Å². The van der Waals surface area contributed by atoms with Crippen molar-refractivity contribution in [3.63, 3.8) is 0 Å². The molecule has 142 valence electrons. The molecular formula is C19H22N4O4. The van der Waals surface area contributed by atoms with Crippen LogP contribution in [0.5, 0.6) is 0 Å².